The molecule has 0 radical (unpaired) electrons. The van der Waals surface area contributed by atoms with Gasteiger partial charge in [-0.25, -0.2) is 0 Å². The zero-order chi connectivity index (χ0) is 15.4. The van der Waals surface area contributed by atoms with Gasteiger partial charge >= 0.3 is 0 Å². The average molecular weight is 417 g/mol. The van der Waals surface area contributed by atoms with Crippen molar-refractivity contribution in [1.29, 1.82) is 0 Å². The minimum Gasteiger partial charge on any atom is -0.484 e. The largest absolute Gasteiger partial charge is 0.484 e. The van der Waals surface area contributed by atoms with Gasteiger partial charge in [0.05, 0.1) is 19.3 Å². The average Bonchev–Trinajstić information content (AvgIpc) is 3.08. The van der Waals surface area contributed by atoms with Crippen molar-refractivity contribution in [1.82, 2.24) is 4.90 Å². The van der Waals surface area contributed by atoms with Gasteiger partial charge < -0.3 is 19.1 Å². The second-order valence-electron chi connectivity index (χ2n) is 5.50. The van der Waals surface area contributed by atoms with E-state index in [1.165, 1.54) is 0 Å². The molecule has 0 aliphatic carbocycles. The van der Waals surface area contributed by atoms with E-state index in [0.717, 1.165) is 35.1 Å². The van der Waals surface area contributed by atoms with Crippen molar-refractivity contribution in [3.05, 3.63) is 27.8 Å². The van der Waals surface area contributed by atoms with Crippen LogP contribution in [0.5, 0.6) is 5.75 Å². The highest BCUT2D eigenvalue weighted by Crippen LogP contribution is 2.24. The molecule has 1 aromatic rings. The fraction of sp³-hybridized carbons (Fsp3) is 0.562. The second-order valence-corrected chi connectivity index (χ2v) is 6.75. The number of carbonyl (C=O) groups is 1. The standard InChI is InChI=1S/C16H20INO4/c17-12-4-6-13(7-5-12)22-11-15(19)18-8-2-1-3-14(18)16-20-9-10-21-16/h4-7,14,16H,1-3,8-11H2. The van der Waals surface area contributed by atoms with Gasteiger partial charge in [-0.05, 0) is 66.1 Å². The first-order chi connectivity index (χ1) is 10.7. The fourth-order valence-electron chi connectivity index (χ4n) is 2.91. The van der Waals surface area contributed by atoms with Crippen LogP contribution in [0.1, 0.15) is 19.3 Å². The Morgan fingerprint density at radius 3 is 2.68 bits per heavy atom. The zero-order valence-electron chi connectivity index (χ0n) is 12.4. The number of piperidine rings is 1. The number of amides is 1. The summed E-state index contributed by atoms with van der Waals surface area (Å²) >= 11 is 2.24. The molecular formula is C16H20INO4. The van der Waals surface area contributed by atoms with Crippen molar-refractivity contribution < 1.29 is 19.0 Å². The highest BCUT2D eigenvalue weighted by molar-refractivity contribution is 14.1. The van der Waals surface area contributed by atoms with Crippen LogP contribution in [0.2, 0.25) is 0 Å². The van der Waals surface area contributed by atoms with Crippen molar-refractivity contribution >= 4 is 28.5 Å². The molecular weight excluding hydrogens is 397 g/mol. The monoisotopic (exact) mass is 417 g/mol. The molecule has 0 saturated carbocycles. The second kappa shape index (κ2) is 7.61. The Morgan fingerprint density at radius 1 is 1.23 bits per heavy atom. The molecule has 0 aromatic heterocycles. The molecule has 1 aromatic carbocycles. The summed E-state index contributed by atoms with van der Waals surface area (Å²) < 4.78 is 17.9. The Hall–Kier alpha value is -0.860. The highest BCUT2D eigenvalue weighted by atomic mass is 127. The molecule has 2 aliphatic rings. The lowest BCUT2D eigenvalue weighted by Crippen LogP contribution is -2.51. The van der Waals surface area contributed by atoms with Crippen molar-refractivity contribution in [3.8, 4) is 5.75 Å². The summed E-state index contributed by atoms with van der Waals surface area (Å²) in [6, 6.07) is 7.70. The molecule has 22 heavy (non-hydrogen) atoms. The Kier molecular flexibility index (Phi) is 5.54. The summed E-state index contributed by atoms with van der Waals surface area (Å²) in [5.74, 6) is 0.720. The molecule has 2 aliphatic heterocycles. The molecule has 2 fully saturated rings. The van der Waals surface area contributed by atoms with Crippen LogP contribution in [-0.4, -0.2) is 49.5 Å². The third-order valence-electron chi connectivity index (χ3n) is 4.01. The Labute approximate surface area is 144 Å². The molecule has 0 N–H and O–H groups in total. The smallest absolute Gasteiger partial charge is 0.260 e. The van der Waals surface area contributed by atoms with Crippen LogP contribution in [0.4, 0.5) is 0 Å². The predicted octanol–water partition coefficient (Wildman–Crippen LogP) is 2.42. The molecule has 2 heterocycles. The Balaban J connectivity index is 1.58. The molecule has 3 rings (SSSR count). The number of rotatable bonds is 4. The maximum atomic E-state index is 12.5. The summed E-state index contributed by atoms with van der Waals surface area (Å²) in [6.45, 7) is 2.04. The quantitative estimate of drug-likeness (QED) is 0.707. The molecule has 0 spiro atoms. The van der Waals surface area contributed by atoms with E-state index in [4.69, 9.17) is 14.2 Å². The first-order valence-electron chi connectivity index (χ1n) is 7.65. The summed E-state index contributed by atoms with van der Waals surface area (Å²) in [5.41, 5.74) is 0. The third-order valence-corrected chi connectivity index (χ3v) is 4.73. The molecule has 1 atom stereocenters. The molecule has 1 unspecified atom stereocenters. The summed E-state index contributed by atoms with van der Waals surface area (Å²) in [7, 11) is 0. The molecule has 120 valence electrons. The van der Waals surface area contributed by atoms with E-state index < -0.39 is 0 Å². The minimum atomic E-state index is -0.275. The van der Waals surface area contributed by atoms with Gasteiger partial charge in [0.25, 0.3) is 5.91 Å². The Bertz CT molecular complexity index is 501. The van der Waals surface area contributed by atoms with E-state index in [2.05, 4.69) is 22.6 Å². The van der Waals surface area contributed by atoms with Crippen molar-refractivity contribution in [3.63, 3.8) is 0 Å². The van der Waals surface area contributed by atoms with Crippen molar-refractivity contribution in [2.75, 3.05) is 26.4 Å². The maximum Gasteiger partial charge on any atom is 0.260 e. The number of ether oxygens (including phenoxy) is 3. The lowest BCUT2D eigenvalue weighted by atomic mass is 10.0. The number of benzene rings is 1. The van der Waals surface area contributed by atoms with Crippen molar-refractivity contribution in [2.45, 2.75) is 31.6 Å². The van der Waals surface area contributed by atoms with Gasteiger partial charge in [0.15, 0.2) is 12.9 Å². The molecule has 1 amide bonds. The van der Waals surface area contributed by atoms with E-state index in [0.29, 0.717) is 13.2 Å². The van der Waals surface area contributed by atoms with Crippen LogP contribution < -0.4 is 4.74 Å². The summed E-state index contributed by atoms with van der Waals surface area (Å²) in [4.78, 5) is 14.4. The zero-order valence-corrected chi connectivity index (χ0v) is 14.5. The normalized spacial score (nSPS) is 22.8. The molecule has 0 bridgehead atoms. The number of hydrogen-bond donors (Lipinski definition) is 0. The maximum absolute atomic E-state index is 12.5. The van der Waals surface area contributed by atoms with Gasteiger partial charge in [0.1, 0.15) is 5.75 Å². The van der Waals surface area contributed by atoms with Crippen LogP contribution in [0.25, 0.3) is 0 Å². The van der Waals surface area contributed by atoms with Gasteiger partial charge in [-0.15, -0.1) is 0 Å². The Morgan fingerprint density at radius 2 is 1.95 bits per heavy atom. The van der Waals surface area contributed by atoms with E-state index in [1.54, 1.807) is 0 Å². The first-order valence-corrected chi connectivity index (χ1v) is 8.73. The predicted molar refractivity (Wildman–Crippen MR) is 89.7 cm³/mol. The number of nitrogens with zero attached hydrogens (tertiary/aromatic N) is 1. The van der Waals surface area contributed by atoms with E-state index in [1.807, 2.05) is 29.2 Å². The highest BCUT2D eigenvalue weighted by Gasteiger charge is 2.36. The minimum absolute atomic E-state index is 0.00218. The third kappa shape index (κ3) is 3.91. The number of halogens is 1. The molecule has 6 heteroatoms. The lowest BCUT2D eigenvalue weighted by Gasteiger charge is -2.37. The summed E-state index contributed by atoms with van der Waals surface area (Å²) in [5, 5.41) is 0. The van der Waals surface area contributed by atoms with Crippen LogP contribution in [0.15, 0.2) is 24.3 Å². The van der Waals surface area contributed by atoms with Gasteiger partial charge in [-0.2, -0.15) is 0 Å². The van der Waals surface area contributed by atoms with Gasteiger partial charge in [-0.1, -0.05) is 0 Å². The lowest BCUT2D eigenvalue weighted by molar-refractivity contribution is -0.152. The number of carbonyl (C=O) groups excluding carboxylic acids is 1. The first kappa shape index (κ1) is 16.0. The van der Waals surface area contributed by atoms with Gasteiger partial charge in [-0.3, -0.25) is 4.79 Å². The van der Waals surface area contributed by atoms with Crippen molar-refractivity contribution in [2.24, 2.45) is 0 Å². The van der Waals surface area contributed by atoms with Gasteiger partial charge in [0.2, 0.25) is 0 Å². The van der Waals surface area contributed by atoms with Crippen LogP contribution in [0.3, 0.4) is 0 Å². The number of hydrogen-bond acceptors (Lipinski definition) is 4. The van der Waals surface area contributed by atoms with E-state index >= 15 is 0 Å². The summed E-state index contributed by atoms with van der Waals surface area (Å²) in [6.07, 6.45) is 2.79. The van der Waals surface area contributed by atoms with Crippen LogP contribution >= 0.6 is 22.6 Å². The van der Waals surface area contributed by atoms with E-state index in [-0.39, 0.29) is 24.8 Å². The van der Waals surface area contributed by atoms with Crippen LogP contribution in [-0.2, 0) is 14.3 Å². The van der Waals surface area contributed by atoms with E-state index in [9.17, 15) is 4.79 Å². The fourth-order valence-corrected chi connectivity index (χ4v) is 3.27. The number of likely N-dealkylation sites (tertiary alicyclic amines) is 1. The molecule has 2 saturated heterocycles. The molecule has 5 nitrogen and oxygen atoms in total. The SMILES string of the molecule is O=C(COc1ccc(I)cc1)N1CCCCC1C1OCCO1. The van der Waals surface area contributed by atoms with Gasteiger partial charge in [0, 0.05) is 10.1 Å². The topological polar surface area (TPSA) is 48.0 Å². The van der Waals surface area contributed by atoms with Crippen LogP contribution in [0, 0.1) is 3.57 Å².